The van der Waals surface area contributed by atoms with Gasteiger partial charge in [-0.3, -0.25) is 5.26 Å². The van der Waals surface area contributed by atoms with Crippen LogP contribution in [0.4, 0.5) is 0 Å². The van der Waals surface area contributed by atoms with Crippen LogP contribution in [0.2, 0.25) is 0 Å². The van der Waals surface area contributed by atoms with E-state index in [-0.39, 0.29) is 17.6 Å². The van der Waals surface area contributed by atoms with E-state index in [9.17, 15) is 10.4 Å². The van der Waals surface area contributed by atoms with Crippen LogP contribution in [0, 0.1) is 52.3 Å². The Balaban J connectivity index is 1.59. The zero-order valence-corrected chi connectivity index (χ0v) is 21.4. The van der Waals surface area contributed by atoms with Gasteiger partial charge in [0.15, 0.2) is 0 Å². The Kier molecular flexibility index (Phi) is 7.03. The molecule has 0 spiro atoms. The predicted octanol–water partition coefficient (Wildman–Crippen LogP) is 7.27. The highest BCUT2D eigenvalue weighted by Crippen LogP contribution is 2.67. The molecule has 2 N–H and O–H groups in total. The molecule has 0 aliphatic heterocycles. The van der Waals surface area contributed by atoms with Crippen LogP contribution in [0.5, 0.6) is 0 Å². The molecule has 0 amide bonds. The van der Waals surface area contributed by atoms with E-state index >= 15 is 0 Å². The standard InChI is InChI=1S/C29H48O3/c1-7-20(18(2)3)9-8-19(4)23-10-11-24-27-25(13-15-29(23,24)6)28(5)14-12-22(30)16-21(28)17-26(27)32-31/h8-9,17-20,22-27,30-31H,7,10-16H2,1-6H3. The Hall–Kier alpha value is -0.640. The molecular formula is C29H48O3. The molecule has 182 valence electrons. The minimum atomic E-state index is -0.236. The quantitative estimate of drug-likeness (QED) is 0.257. The lowest BCUT2D eigenvalue weighted by Crippen LogP contribution is -2.55. The fraction of sp³-hybridized carbons (Fsp3) is 0.862. The molecule has 4 aliphatic rings. The van der Waals surface area contributed by atoms with E-state index in [2.05, 4.69) is 59.8 Å². The number of hydrogen-bond acceptors (Lipinski definition) is 3. The van der Waals surface area contributed by atoms with E-state index < -0.39 is 0 Å². The van der Waals surface area contributed by atoms with E-state index in [1.807, 2.05) is 0 Å². The fourth-order valence-electron chi connectivity index (χ4n) is 8.89. The number of rotatable bonds is 6. The van der Waals surface area contributed by atoms with Gasteiger partial charge in [0, 0.05) is 0 Å². The molecule has 3 nitrogen and oxygen atoms in total. The van der Waals surface area contributed by atoms with Gasteiger partial charge < -0.3 is 5.11 Å². The van der Waals surface area contributed by atoms with Crippen LogP contribution in [0.3, 0.4) is 0 Å². The van der Waals surface area contributed by atoms with Crippen LogP contribution in [-0.2, 0) is 4.89 Å². The van der Waals surface area contributed by atoms with Crippen molar-refractivity contribution in [2.24, 2.45) is 52.3 Å². The maximum atomic E-state index is 10.3. The van der Waals surface area contributed by atoms with E-state index in [0.29, 0.717) is 46.8 Å². The van der Waals surface area contributed by atoms with Gasteiger partial charge in [0.25, 0.3) is 0 Å². The minimum Gasteiger partial charge on any atom is -0.393 e. The summed E-state index contributed by atoms with van der Waals surface area (Å²) in [6.45, 7) is 14.4. The lowest BCUT2D eigenvalue weighted by atomic mass is 9.46. The van der Waals surface area contributed by atoms with Crippen molar-refractivity contribution in [3.63, 3.8) is 0 Å². The third-order valence-corrected chi connectivity index (χ3v) is 10.9. The predicted molar refractivity (Wildman–Crippen MR) is 131 cm³/mol. The summed E-state index contributed by atoms with van der Waals surface area (Å²) in [7, 11) is 0. The van der Waals surface area contributed by atoms with Crippen molar-refractivity contribution in [1.29, 1.82) is 0 Å². The molecular weight excluding hydrogens is 396 g/mol. The molecule has 4 rings (SSSR count). The van der Waals surface area contributed by atoms with E-state index in [1.165, 1.54) is 37.7 Å². The summed E-state index contributed by atoms with van der Waals surface area (Å²) in [6.07, 6.45) is 15.8. The molecule has 0 aromatic carbocycles. The second-order valence-electron chi connectivity index (χ2n) is 12.7. The van der Waals surface area contributed by atoms with Gasteiger partial charge in [0.05, 0.1) is 6.10 Å². The molecule has 3 saturated carbocycles. The smallest absolute Gasteiger partial charge is 0.114 e. The van der Waals surface area contributed by atoms with Crippen LogP contribution in [0.1, 0.15) is 92.9 Å². The Morgan fingerprint density at radius 1 is 1.06 bits per heavy atom. The van der Waals surface area contributed by atoms with Crippen molar-refractivity contribution in [1.82, 2.24) is 0 Å². The normalized spacial score (nSPS) is 45.8. The SMILES string of the molecule is CCC(C=CC(C)C1CCC2C3C(OO)C=C4CC(O)CCC4(C)C3CCC12C)C(C)C. The Morgan fingerprint density at radius 2 is 1.81 bits per heavy atom. The second-order valence-corrected chi connectivity index (χ2v) is 12.7. The lowest BCUT2D eigenvalue weighted by Gasteiger charge is -2.59. The van der Waals surface area contributed by atoms with Gasteiger partial charge in [0.2, 0.25) is 0 Å². The lowest BCUT2D eigenvalue weighted by molar-refractivity contribution is -0.296. The molecule has 32 heavy (non-hydrogen) atoms. The van der Waals surface area contributed by atoms with Crippen LogP contribution in [-0.4, -0.2) is 22.6 Å². The second kappa shape index (κ2) is 9.19. The van der Waals surface area contributed by atoms with Gasteiger partial charge in [0.1, 0.15) is 6.10 Å². The molecule has 0 aromatic rings. The number of aliphatic hydroxyl groups is 1. The first-order chi connectivity index (χ1) is 15.2. The van der Waals surface area contributed by atoms with Gasteiger partial charge in [-0.1, -0.05) is 65.3 Å². The number of hydrogen-bond donors (Lipinski definition) is 2. The maximum Gasteiger partial charge on any atom is 0.114 e. The van der Waals surface area contributed by atoms with Crippen LogP contribution in [0.25, 0.3) is 0 Å². The van der Waals surface area contributed by atoms with Crippen molar-refractivity contribution in [3.05, 3.63) is 23.8 Å². The average molecular weight is 445 g/mol. The van der Waals surface area contributed by atoms with Gasteiger partial charge in [-0.25, -0.2) is 4.89 Å². The Morgan fingerprint density at radius 3 is 2.47 bits per heavy atom. The van der Waals surface area contributed by atoms with E-state index in [1.54, 1.807) is 0 Å². The molecule has 3 fully saturated rings. The summed E-state index contributed by atoms with van der Waals surface area (Å²) < 4.78 is 0. The first kappa shape index (κ1) is 24.5. The number of aliphatic hydroxyl groups excluding tert-OH is 1. The molecule has 4 aliphatic carbocycles. The van der Waals surface area contributed by atoms with Crippen LogP contribution < -0.4 is 0 Å². The van der Waals surface area contributed by atoms with Gasteiger partial charge >= 0.3 is 0 Å². The van der Waals surface area contributed by atoms with Gasteiger partial charge in [-0.15, -0.1) is 0 Å². The maximum absolute atomic E-state index is 10.3. The Labute approximate surface area is 196 Å². The molecule has 0 radical (unpaired) electrons. The van der Waals surface area contributed by atoms with Gasteiger partial charge in [-0.05, 0) is 104 Å². The topological polar surface area (TPSA) is 49.7 Å². The zero-order valence-electron chi connectivity index (χ0n) is 21.4. The summed E-state index contributed by atoms with van der Waals surface area (Å²) in [5.41, 5.74) is 1.82. The minimum absolute atomic E-state index is 0.162. The summed E-state index contributed by atoms with van der Waals surface area (Å²) in [5.74, 6) is 4.23. The highest BCUT2D eigenvalue weighted by Gasteiger charge is 2.61. The third kappa shape index (κ3) is 3.95. The van der Waals surface area contributed by atoms with Crippen molar-refractivity contribution in [2.45, 2.75) is 105 Å². The van der Waals surface area contributed by atoms with Crippen LogP contribution in [0.15, 0.2) is 23.8 Å². The summed E-state index contributed by atoms with van der Waals surface area (Å²) in [6, 6.07) is 0. The van der Waals surface area contributed by atoms with Crippen LogP contribution >= 0.6 is 0 Å². The van der Waals surface area contributed by atoms with Crippen molar-refractivity contribution in [2.75, 3.05) is 0 Å². The van der Waals surface area contributed by atoms with Gasteiger partial charge in [-0.2, -0.15) is 0 Å². The first-order valence-corrected chi connectivity index (χ1v) is 13.5. The molecule has 0 aromatic heterocycles. The summed E-state index contributed by atoms with van der Waals surface area (Å²) in [5, 5.41) is 20.3. The number of fused-ring (bicyclic) bond motifs is 5. The van der Waals surface area contributed by atoms with E-state index in [4.69, 9.17) is 4.89 Å². The molecule has 0 saturated heterocycles. The number of allylic oxidation sites excluding steroid dienone is 2. The molecule has 0 heterocycles. The third-order valence-electron chi connectivity index (χ3n) is 10.9. The average Bonchev–Trinajstić information content (AvgIpc) is 3.11. The monoisotopic (exact) mass is 444 g/mol. The molecule has 0 bridgehead atoms. The summed E-state index contributed by atoms with van der Waals surface area (Å²) in [4.78, 5) is 5.19. The van der Waals surface area contributed by atoms with Crippen molar-refractivity contribution >= 4 is 0 Å². The fourth-order valence-corrected chi connectivity index (χ4v) is 8.89. The summed E-state index contributed by atoms with van der Waals surface area (Å²) >= 11 is 0. The molecule has 3 heteroatoms. The largest absolute Gasteiger partial charge is 0.393 e. The van der Waals surface area contributed by atoms with Crippen molar-refractivity contribution < 1.29 is 15.3 Å². The molecule has 10 unspecified atom stereocenters. The Bertz CT molecular complexity index is 726. The first-order valence-electron chi connectivity index (χ1n) is 13.5. The van der Waals surface area contributed by atoms with Crippen molar-refractivity contribution in [3.8, 4) is 0 Å². The zero-order chi connectivity index (χ0) is 23.3. The highest BCUT2D eigenvalue weighted by molar-refractivity contribution is 5.28. The van der Waals surface area contributed by atoms with E-state index in [0.717, 1.165) is 19.3 Å². The highest BCUT2D eigenvalue weighted by atomic mass is 17.1. The molecule has 10 atom stereocenters.